The molecule has 2 heterocycles. The van der Waals surface area contributed by atoms with Crippen molar-refractivity contribution in [3.05, 3.63) is 84.4 Å². The second-order valence-electron chi connectivity index (χ2n) is 6.31. The van der Waals surface area contributed by atoms with Crippen LogP contribution in [0.3, 0.4) is 0 Å². The standard InChI is InChI=1S/C22H20N4/c1-15(19-12-6-7-14-23-19)24-22-21-18(17-9-4-3-5-10-17)11-8-13-20(21)25-16(2)26-22/h3-15H,1-2H3,(H,24,25,26). The van der Waals surface area contributed by atoms with E-state index in [1.165, 1.54) is 0 Å². The molecule has 0 radical (unpaired) electrons. The number of anilines is 1. The quantitative estimate of drug-likeness (QED) is 0.556. The summed E-state index contributed by atoms with van der Waals surface area (Å²) in [5, 5.41) is 4.57. The second-order valence-corrected chi connectivity index (χ2v) is 6.31. The van der Waals surface area contributed by atoms with E-state index < -0.39 is 0 Å². The molecule has 4 heteroatoms. The molecule has 128 valence electrons. The predicted molar refractivity (Wildman–Crippen MR) is 106 cm³/mol. The molecule has 0 saturated heterocycles. The number of aromatic nitrogens is 3. The summed E-state index contributed by atoms with van der Waals surface area (Å²) in [7, 11) is 0. The van der Waals surface area contributed by atoms with E-state index in [0.717, 1.165) is 39.4 Å². The van der Waals surface area contributed by atoms with E-state index >= 15 is 0 Å². The molecule has 0 spiro atoms. The summed E-state index contributed by atoms with van der Waals surface area (Å²) in [6.07, 6.45) is 1.81. The zero-order valence-electron chi connectivity index (χ0n) is 14.8. The molecule has 0 aliphatic rings. The number of hydrogen-bond donors (Lipinski definition) is 1. The Labute approximate surface area is 153 Å². The highest BCUT2D eigenvalue weighted by Gasteiger charge is 2.15. The van der Waals surface area contributed by atoms with Crippen molar-refractivity contribution in [2.75, 3.05) is 5.32 Å². The van der Waals surface area contributed by atoms with Gasteiger partial charge in [0.05, 0.1) is 22.6 Å². The fourth-order valence-corrected chi connectivity index (χ4v) is 3.17. The minimum atomic E-state index is 0.0394. The average molecular weight is 340 g/mol. The van der Waals surface area contributed by atoms with Gasteiger partial charge in [-0.1, -0.05) is 48.5 Å². The van der Waals surface area contributed by atoms with E-state index in [1.54, 1.807) is 0 Å². The lowest BCUT2D eigenvalue weighted by molar-refractivity contribution is 0.831. The molecule has 1 unspecified atom stereocenters. The molecule has 4 rings (SSSR count). The number of hydrogen-bond acceptors (Lipinski definition) is 4. The molecule has 0 saturated carbocycles. The first-order valence-electron chi connectivity index (χ1n) is 8.72. The number of fused-ring (bicyclic) bond motifs is 1. The van der Waals surface area contributed by atoms with Crippen molar-refractivity contribution in [3.8, 4) is 11.1 Å². The van der Waals surface area contributed by atoms with Crippen molar-refractivity contribution in [2.24, 2.45) is 0 Å². The van der Waals surface area contributed by atoms with Gasteiger partial charge in [-0.15, -0.1) is 0 Å². The van der Waals surface area contributed by atoms with E-state index in [9.17, 15) is 0 Å². The van der Waals surface area contributed by atoms with Gasteiger partial charge in [-0.25, -0.2) is 9.97 Å². The fraction of sp³-hybridized carbons (Fsp3) is 0.136. The summed E-state index contributed by atoms with van der Waals surface area (Å²) in [6.45, 7) is 4.02. The third-order valence-electron chi connectivity index (χ3n) is 4.40. The molecule has 1 atom stereocenters. The van der Waals surface area contributed by atoms with Gasteiger partial charge in [-0.3, -0.25) is 4.98 Å². The van der Waals surface area contributed by atoms with Crippen LogP contribution in [0.25, 0.3) is 22.0 Å². The molecule has 0 aliphatic carbocycles. The Hall–Kier alpha value is -3.27. The molecule has 0 aliphatic heterocycles. The summed E-state index contributed by atoms with van der Waals surface area (Å²) in [5.74, 6) is 1.59. The molecule has 26 heavy (non-hydrogen) atoms. The Balaban J connectivity index is 1.86. The smallest absolute Gasteiger partial charge is 0.138 e. The third kappa shape index (κ3) is 3.14. The summed E-state index contributed by atoms with van der Waals surface area (Å²) >= 11 is 0. The monoisotopic (exact) mass is 340 g/mol. The van der Waals surface area contributed by atoms with E-state index in [2.05, 4.69) is 40.4 Å². The van der Waals surface area contributed by atoms with Crippen LogP contribution in [0.5, 0.6) is 0 Å². The van der Waals surface area contributed by atoms with Crippen molar-refractivity contribution in [1.82, 2.24) is 15.0 Å². The van der Waals surface area contributed by atoms with E-state index in [-0.39, 0.29) is 6.04 Å². The molecular weight excluding hydrogens is 320 g/mol. The van der Waals surface area contributed by atoms with Gasteiger partial charge in [-0.2, -0.15) is 0 Å². The van der Waals surface area contributed by atoms with Gasteiger partial charge in [0.2, 0.25) is 0 Å². The van der Waals surface area contributed by atoms with Crippen LogP contribution in [-0.2, 0) is 0 Å². The SMILES string of the molecule is Cc1nc(NC(C)c2ccccn2)c2c(-c3ccccc3)cccc2n1. The molecule has 0 bridgehead atoms. The zero-order valence-corrected chi connectivity index (χ0v) is 14.8. The van der Waals surface area contributed by atoms with Crippen LogP contribution >= 0.6 is 0 Å². The van der Waals surface area contributed by atoms with Crippen molar-refractivity contribution >= 4 is 16.7 Å². The van der Waals surface area contributed by atoms with Gasteiger partial charge in [0.25, 0.3) is 0 Å². The van der Waals surface area contributed by atoms with Gasteiger partial charge in [0.1, 0.15) is 11.6 Å². The lowest BCUT2D eigenvalue weighted by Gasteiger charge is -2.17. The number of pyridine rings is 1. The Kier molecular flexibility index (Phi) is 4.32. The number of benzene rings is 2. The van der Waals surface area contributed by atoms with Crippen LogP contribution < -0.4 is 5.32 Å². The zero-order chi connectivity index (χ0) is 17.9. The maximum atomic E-state index is 4.70. The summed E-state index contributed by atoms with van der Waals surface area (Å²) < 4.78 is 0. The molecule has 1 N–H and O–H groups in total. The molecular formula is C22H20N4. The molecule has 0 amide bonds. The fourth-order valence-electron chi connectivity index (χ4n) is 3.17. The van der Waals surface area contributed by atoms with E-state index in [4.69, 9.17) is 4.98 Å². The Morgan fingerprint density at radius 1 is 0.846 bits per heavy atom. The largest absolute Gasteiger partial charge is 0.361 e. The Morgan fingerprint density at radius 3 is 2.42 bits per heavy atom. The molecule has 2 aromatic heterocycles. The highest BCUT2D eigenvalue weighted by molar-refractivity contribution is 6.01. The number of nitrogens with one attached hydrogen (secondary N) is 1. The topological polar surface area (TPSA) is 50.7 Å². The minimum Gasteiger partial charge on any atom is -0.361 e. The maximum Gasteiger partial charge on any atom is 0.138 e. The van der Waals surface area contributed by atoms with Crippen LogP contribution in [0.1, 0.15) is 24.5 Å². The minimum absolute atomic E-state index is 0.0394. The van der Waals surface area contributed by atoms with Crippen LogP contribution in [0, 0.1) is 6.92 Å². The lowest BCUT2D eigenvalue weighted by Crippen LogP contribution is -2.11. The highest BCUT2D eigenvalue weighted by Crippen LogP contribution is 2.33. The Morgan fingerprint density at radius 2 is 1.65 bits per heavy atom. The lowest BCUT2D eigenvalue weighted by atomic mass is 10.0. The van der Waals surface area contributed by atoms with Crippen LogP contribution in [0.15, 0.2) is 72.9 Å². The first-order valence-corrected chi connectivity index (χ1v) is 8.72. The number of rotatable bonds is 4. The van der Waals surface area contributed by atoms with E-state index in [1.807, 2.05) is 61.7 Å². The molecule has 4 aromatic rings. The van der Waals surface area contributed by atoms with Gasteiger partial charge in [0, 0.05) is 6.20 Å². The molecule has 4 nitrogen and oxygen atoms in total. The van der Waals surface area contributed by atoms with Gasteiger partial charge in [-0.05, 0) is 43.2 Å². The highest BCUT2D eigenvalue weighted by atomic mass is 15.1. The van der Waals surface area contributed by atoms with Crippen molar-refractivity contribution in [1.29, 1.82) is 0 Å². The molecule has 2 aromatic carbocycles. The van der Waals surface area contributed by atoms with Gasteiger partial charge < -0.3 is 5.32 Å². The van der Waals surface area contributed by atoms with Crippen molar-refractivity contribution in [3.63, 3.8) is 0 Å². The van der Waals surface area contributed by atoms with Crippen molar-refractivity contribution in [2.45, 2.75) is 19.9 Å². The summed E-state index contributed by atoms with van der Waals surface area (Å²) in [5.41, 5.74) is 4.20. The van der Waals surface area contributed by atoms with E-state index in [0.29, 0.717) is 0 Å². The average Bonchev–Trinajstić information content (AvgIpc) is 2.68. The van der Waals surface area contributed by atoms with Gasteiger partial charge in [0.15, 0.2) is 0 Å². The predicted octanol–water partition coefficient (Wildman–Crippen LogP) is 5.17. The normalized spacial score (nSPS) is 12.1. The second kappa shape index (κ2) is 6.92. The van der Waals surface area contributed by atoms with Crippen LogP contribution in [0.2, 0.25) is 0 Å². The first kappa shape index (κ1) is 16.2. The summed E-state index contributed by atoms with van der Waals surface area (Å²) in [6, 6.07) is 22.5. The number of aryl methyl sites for hydroxylation is 1. The van der Waals surface area contributed by atoms with Crippen LogP contribution in [0.4, 0.5) is 5.82 Å². The first-order chi connectivity index (χ1) is 12.7. The Bertz CT molecular complexity index is 1030. The van der Waals surface area contributed by atoms with Gasteiger partial charge >= 0.3 is 0 Å². The van der Waals surface area contributed by atoms with Crippen molar-refractivity contribution < 1.29 is 0 Å². The van der Waals surface area contributed by atoms with Crippen LogP contribution in [-0.4, -0.2) is 15.0 Å². The maximum absolute atomic E-state index is 4.70. The molecule has 0 fully saturated rings. The third-order valence-corrected chi connectivity index (χ3v) is 4.40. The number of nitrogens with zero attached hydrogens (tertiary/aromatic N) is 3. The summed E-state index contributed by atoms with van der Waals surface area (Å²) in [4.78, 5) is 13.8.